The number of amides is 2. The second-order valence-electron chi connectivity index (χ2n) is 3.11. The summed E-state index contributed by atoms with van der Waals surface area (Å²) < 4.78 is 0. The molecule has 4 heteroatoms. The largest absolute Gasteiger partial charge is 0.366 e. The van der Waals surface area contributed by atoms with Crippen LogP contribution in [0.3, 0.4) is 0 Å². The van der Waals surface area contributed by atoms with E-state index < -0.39 is 5.91 Å². The van der Waals surface area contributed by atoms with Crippen LogP contribution in [0, 0.1) is 13.8 Å². The van der Waals surface area contributed by atoms with Gasteiger partial charge in [-0.3, -0.25) is 9.59 Å². The molecule has 2 amide bonds. The summed E-state index contributed by atoms with van der Waals surface area (Å²) in [4.78, 5) is 21.3. The molecular formula is C11H16N2O2. The summed E-state index contributed by atoms with van der Waals surface area (Å²) in [6.07, 6.45) is 0.524. The summed E-state index contributed by atoms with van der Waals surface area (Å²) in [5, 5.41) is 2.44. The quantitative estimate of drug-likeness (QED) is 0.740. The minimum absolute atomic E-state index is 0. The van der Waals surface area contributed by atoms with Crippen LogP contribution in [0.25, 0.3) is 0 Å². The van der Waals surface area contributed by atoms with Crippen LogP contribution in [0.5, 0.6) is 0 Å². The highest BCUT2D eigenvalue weighted by Crippen LogP contribution is 2.19. The maximum absolute atomic E-state index is 11.0. The summed E-state index contributed by atoms with van der Waals surface area (Å²) in [7, 11) is 0. The zero-order valence-electron chi connectivity index (χ0n) is 8.13. The maximum Gasteiger partial charge on any atom is 0.250 e. The Morgan fingerprint density at radius 1 is 1.33 bits per heavy atom. The van der Waals surface area contributed by atoms with Crippen molar-refractivity contribution in [1.29, 1.82) is 0 Å². The predicted octanol–water partition coefficient (Wildman–Crippen LogP) is 1.61. The molecular weight excluding hydrogens is 192 g/mol. The molecule has 0 fully saturated rings. The highest BCUT2D eigenvalue weighted by molar-refractivity contribution is 6.00. The molecule has 0 heterocycles. The number of nitrogens with two attached hydrogens (primary N) is 1. The van der Waals surface area contributed by atoms with E-state index in [4.69, 9.17) is 5.73 Å². The zero-order chi connectivity index (χ0) is 10.7. The Morgan fingerprint density at radius 2 is 1.87 bits per heavy atom. The van der Waals surface area contributed by atoms with Gasteiger partial charge in [0.05, 0.1) is 11.3 Å². The molecule has 0 atom stereocenters. The summed E-state index contributed by atoms with van der Waals surface area (Å²) in [5.74, 6) is -0.544. The van der Waals surface area contributed by atoms with Crippen LogP contribution in [0.4, 0.5) is 5.69 Å². The fraction of sp³-hybridized carbons (Fsp3) is 0.273. The van der Waals surface area contributed by atoms with Crippen molar-refractivity contribution in [1.82, 2.24) is 0 Å². The van der Waals surface area contributed by atoms with Gasteiger partial charge in [-0.2, -0.15) is 0 Å². The third-order valence-electron chi connectivity index (χ3n) is 2.11. The van der Waals surface area contributed by atoms with Gasteiger partial charge in [-0.05, 0) is 37.1 Å². The summed E-state index contributed by atoms with van der Waals surface area (Å²) in [6, 6.07) is 3.40. The van der Waals surface area contributed by atoms with E-state index in [0.717, 1.165) is 11.1 Å². The SMILES string of the molecule is C.Cc1cc(NC=O)c(C(N)=O)cc1C. The fourth-order valence-electron chi connectivity index (χ4n) is 1.20. The van der Waals surface area contributed by atoms with Crippen LogP contribution in [0.2, 0.25) is 0 Å². The normalized spacial score (nSPS) is 8.93. The Labute approximate surface area is 89.5 Å². The number of hydrogen-bond acceptors (Lipinski definition) is 2. The van der Waals surface area contributed by atoms with Gasteiger partial charge in [0, 0.05) is 0 Å². The molecule has 1 aromatic carbocycles. The topological polar surface area (TPSA) is 72.2 Å². The molecule has 0 spiro atoms. The van der Waals surface area contributed by atoms with Crippen LogP contribution < -0.4 is 11.1 Å². The van der Waals surface area contributed by atoms with Gasteiger partial charge in [0.2, 0.25) is 6.41 Å². The second-order valence-corrected chi connectivity index (χ2v) is 3.11. The molecule has 0 aliphatic rings. The van der Waals surface area contributed by atoms with Crippen molar-refractivity contribution >= 4 is 18.0 Å². The van der Waals surface area contributed by atoms with Crippen molar-refractivity contribution < 1.29 is 9.59 Å². The molecule has 1 aromatic rings. The van der Waals surface area contributed by atoms with E-state index in [0.29, 0.717) is 17.7 Å². The average Bonchev–Trinajstić information content (AvgIpc) is 2.11. The van der Waals surface area contributed by atoms with Crippen molar-refractivity contribution in [3.05, 3.63) is 28.8 Å². The van der Waals surface area contributed by atoms with E-state index in [2.05, 4.69) is 5.32 Å². The lowest BCUT2D eigenvalue weighted by molar-refractivity contribution is -0.105. The lowest BCUT2D eigenvalue weighted by Crippen LogP contribution is -2.14. The predicted molar refractivity (Wildman–Crippen MR) is 60.9 cm³/mol. The lowest BCUT2D eigenvalue weighted by atomic mass is 10.0. The first-order chi connectivity index (χ1) is 6.56. The first-order valence-corrected chi connectivity index (χ1v) is 4.17. The van der Waals surface area contributed by atoms with Crippen molar-refractivity contribution in [2.75, 3.05) is 5.32 Å². The number of nitrogens with one attached hydrogen (secondary N) is 1. The van der Waals surface area contributed by atoms with E-state index in [9.17, 15) is 9.59 Å². The maximum atomic E-state index is 11.0. The third kappa shape index (κ3) is 2.80. The van der Waals surface area contributed by atoms with Gasteiger partial charge < -0.3 is 11.1 Å². The number of benzene rings is 1. The Bertz CT molecular complexity index is 386. The van der Waals surface area contributed by atoms with E-state index in [1.54, 1.807) is 12.1 Å². The first-order valence-electron chi connectivity index (χ1n) is 4.17. The first kappa shape index (κ1) is 13.2. The van der Waals surface area contributed by atoms with E-state index >= 15 is 0 Å². The lowest BCUT2D eigenvalue weighted by Gasteiger charge is -2.08. The number of aryl methyl sites for hydroxylation is 2. The standard InChI is InChI=1S/C10H12N2O2.CH4/c1-6-3-8(10(11)14)9(12-5-13)4-7(6)2;/h3-5H,1-2H3,(H2,11,14)(H,12,13);1H4. The van der Waals surface area contributed by atoms with Gasteiger partial charge in [0.1, 0.15) is 0 Å². The van der Waals surface area contributed by atoms with Crippen LogP contribution in [0.1, 0.15) is 28.9 Å². The van der Waals surface area contributed by atoms with Crippen LogP contribution in [-0.2, 0) is 4.79 Å². The van der Waals surface area contributed by atoms with Crippen LogP contribution >= 0.6 is 0 Å². The number of primary amides is 1. The number of rotatable bonds is 3. The Hall–Kier alpha value is -1.84. The van der Waals surface area contributed by atoms with Crippen molar-refractivity contribution in [3.63, 3.8) is 0 Å². The van der Waals surface area contributed by atoms with E-state index in [-0.39, 0.29) is 7.43 Å². The minimum Gasteiger partial charge on any atom is -0.366 e. The monoisotopic (exact) mass is 208 g/mol. The molecule has 0 saturated heterocycles. The molecule has 0 aromatic heterocycles. The zero-order valence-corrected chi connectivity index (χ0v) is 8.13. The van der Waals surface area contributed by atoms with E-state index in [1.807, 2.05) is 13.8 Å². The van der Waals surface area contributed by atoms with Crippen LogP contribution in [-0.4, -0.2) is 12.3 Å². The molecule has 0 radical (unpaired) electrons. The van der Waals surface area contributed by atoms with E-state index in [1.165, 1.54) is 0 Å². The Kier molecular flexibility index (Phi) is 4.51. The van der Waals surface area contributed by atoms with Gasteiger partial charge in [-0.25, -0.2) is 0 Å². The van der Waals surface area contributed by atoms with Crippen molar-refractivity contribution in [2.24, 2.45) is 5.73 Å². The van der Waals surface area contributed by atoms with Gasteiger partial charge in [0.15, 0.2) is 0 Å². The highest BCUT2D eigenvalue weighted by Gasteiger charge is 2.09. The number of anilines is 1. The van der Waals surface area contributed by atoms with Gasteiger partial charge in [-0.15, -0.1) is 0 Å². The molecule has 0 unspecified atom stereocenters. The molecule has 3 N–H and O–H groups in total. The molecule has 0 aliphatic carbocycles. The average molecular weight is 208 g/mol. The van der Waals surface area contributed by atoms with Crippen molar-refractivity contribution in [2.45, 2.75) is 21.3 Å². The summed E-state index contributed by atoms with van der Waals surface area (Å²) >= 11 is 0. The summed E-state index contributed by atoms with van der Waals surface area (Å²) in [6.45, 7) is 3.78. The molecule has 0 saturated carbocycles. The Balaban J connectivity index is 0.00000196. The van der Waals surface area contributed by atoms with Crippen LogP contribution in [0.15, 0.2) is 12.1 Å². The highest BCUT2D eigenvalue weighted by atomic mass is 16.1. The molecule has 82 valence electrons. The smallest absolute Gasteiger partial charge is 0.250 e. The second kappa shape index (κ2) is 5.14. The summed E-state index contributed by atoms with van der Waals surface area (Å²) in [5.41, 5.74) is 7.92. The molecule has 15 heavy (non-hydrogen) atoms. The molecule has 0 aliphatic heterocycles. The molecule has 0 bridgehead atoms. The molecule has 4 nitrogen and oxygen atoms in total. The number of carbonyl (C=O) groups excluding carboxylic acids is 2. The van der Waals surface area contributed by atoms with Gasteiger partial charge in [0.25, 0.3) is 5.91 Å². The number of hydrogen-bond donors (Lipinski definition) is 2. The van der Waals surface area contributed by atoms with Gasteiger partial charge >= 0.3 is 0 Å². The third-order valence-corrected chi connectivity index (χ3v) is 2.11. The Morgan fingerprint density at radius 3 is 2.33 bits per heavy atom. The van der Waals surface area contributed by atoms with Crippen molar-refractivity contribution in [3.8, 4) is 0 Å². The van der Waals surface area contributed by atoms with Gasteiger partial charge in [-0.1, -0.05) is 7.43 Å². The molecule has 1 rings (SSSR count). The minimum atomic E-state index is -0.544. The number of carbonyl (C=O) groups is 2. The fourth-order valence-corrected chi connectivity index (χ4v) is 1.20.